The second kappa shape index (κ2) is 13.5. The van der Waals surface area contributed by atoms with Crippen molar-refractivity contribution in [3.63, 3.8) is 0 Å². The van der Waals surface area contributed by atoms with E-state index in [-0.39, 0.29) is 37.3 Å². The Morgan fingerprint density at radius 3 is 1.44 bits per heavy atom. The van der Waals surface area contributed by atoms with Gasteiger partial charge in [-0.15, -0.1) is 0 Å². The summed E-state index contributed by atoms with van der Waals surface area (Å²) in [5.41, 5.74) is 1.24. The number of rotatable bonds is 16. The number of hydrogen-bond donors (Lipinski definition) is 4. The summed E-state index contributed by atoms with van der Waals surface area (Å²) in [5.74, 6) is -2.31. The molecule has 0 fully saturated rings. The smallest absolute Gasteiger partial charge is 0.339 e. The lowest BCUT2D eigenvalue weighted by atomic mass is 10.1. The summed E-state index contributed by atoms with van der Waals surface area (Å²) in [5, 5.41) is 18.7. The Bertz CT molecular complexity index is 1050. The van der Waals surface area contributed by atoms with E-state index in [1.165, 1.54) is 26.8 Å². The fourth-order valence-corrected chi connectivity index (χ4v) is 4.49. The van der Waals surface area contributed by atoms with Crippen molar-refractivity contribution in [3.8, 4) is 0 Å². The van der Waals surface area contributed by atoms with Crippen LogP contribution in [-0.4, -0.2) is 95.0 Å². The van der Waals surface area contributed by atoms with E-state index in [0.29, 0.717) is 23.9 Å². The summed E-state index contributed by atoms with van der Waals surface area (Å²) < 4.78 is 11.8. The van der Waals surface area contributed by atoms with E-state index in [1.807, 2.05) is 0 Å². The molecular weight excluding hydrogens is 493 g/mol. The third kappa shape index (κ3) is 9.23. The van der Waals surface area contributed by atoms with Crippen molar-refractivity contribution < 1.29 is 43.7 Å². The molecule has 2 aromatic carbocycles. The number of carboxylic acids is 2. The molecule has 2 aromatic rings. The number of anilines is 2. The van der Waals surface area contributed by atoms with Gasteiger partial charge in [-0.3, -0.25) is 28.6 Å². The van der Waals surface area contributed by atoms with Crippen molar-refractivity contribution in [1.29, 1.82) is 0 Å². The fraction of sp³-hybridized carbons (Fsp3) is 0.304. The maximum absolute atomic E-state index is 11.8. The molecule has 2 rings (SSSR count). The van der Waals surface area contributed by atoms with Gasteiger partial charge in [-0.25, -0.2) is 0 Å². The van der Waals surface area contributed by atoms with E-state index >= 15 is 0 Å². The Labute approximate surface area is 207 Å². The molecule has 0 aliphatic heterocycles. The molecule has 13 heteroatoms. The quantitative estimate of drug-likeness (QED) is 0.184. The average molecular weight is 521 g/mol. The first-order valence-corrected chi connectivity index (χ1v) is 12.6. The molecule has 0 amide bonds. The third-order valence-corrected chi connectivity index (χ3v) is 5.99. The SMILES string of the molecule is O=Cc1ccccc1N(CCN(CCN(CC(=O)O)c1ccccc1C=O)CP(=O)(O)O)CC(=O)O. The number of nitrogens with zero attached hydrogens (tertiary/aromatic N) is 3. The Balaban J connectivity index is 2.25. The van der Waals surface area contributed by atoms with Crippen LogP contribution in [-0.2, 0) is 14.2 Å². The Kier molecular flexibility index (Phi) is 10.8. The molecule has 0 unspecified atom stereocenters. The van der Waals surface area contributed by atoms with Gasteiger partial charge in [0.25, 0.3) is 0 Å². The van der Waals surface area contributed by atoms with E-state index in [2.05, 4.69) is 0 Å². The largest absolute Gasteiger partial charge is 0.480 e. The Morgan fingerprint density at radius 1 is 0.722 bits per heavy atom. The zero-order chi connectivity index (χ0) is 26.7. The predicted octanol–water partition coefficient (Wildman–Crippen LogP) is 1.23. The second-order valence-electron chi connectivity index (χ2n) is 7.91. The van der Waals surface area contributed by atoms with Gasteiger partial charge in [0.15, 0.2) is 12.6 Å². The van der Waals surface area contributed by atoms with Gasteiger partial charge in [0.05, 0.1) is 0 Å². The van der Waals surface area contributed by atoms with Crippen LogP contribution in [0.15, 0.2) is 48.5 Å². The zero-order valence-electron chi connectivity index (χ0n) is 19.3. The van der Waals surface area contributed by atoms with Crippen molar-refractivity contribution in [1.82, 2.24) is 4.90 Å². The van der Waals surface area contributed by atoms with E-state index in [1.54, 1.807) is 36.4 Å². The van der Waals surface area contributed by atoms with Gasteiger partial charge in [-0.05, 0) is 24.3 Å². The molecule has 0 bridgehead atoms. The molecule has 0 spiro atoms. The van der Waals surface area contributed by atoms with Crippen molar-refractivity contribution in [3.05, 3.63) is 59.7 Å². The highest BCUT2D eigenvalue weighted by Crippen LogP contribution is 2.35. The normalized spacial score (nSPS) is 11.2. The Hall–Kier alpha value is -3.57. The highest BCUT2D eigenvalue weighted by atomic mass is 31.2. The molecule has 0 radical (unpaired) electrons. The fourth-order valence-electron chi connectivity index (χ4n) is 3.68. The first-order valence-electron chi connectivity index (χ1n) is 10.8. The number of benzene rings is 2. The number of hydrogen-bond acceptors (Lipinski definition) is 8. The second-order valence-corrected chi connectivity index (χ2v) is 9.52. The molecule has 0 aromatic heterocycles. The lowest BCUT2D eigenvalue weighted by molar-refractivity contribution is -0.136. The molecule has 0 heterocycles. The minimum absolute atomic E-state index is 0.00181. The lowest BCUT2D eigenvalue weighted by Gasteiger charge is -2.31. The van der Waals surface area contributed by atoms with Crippen LogP contribution in [0.2, 0.25) is 0 Å². The number of carbonyl (C=O) groups excluding carboxylic acids is 2. The third-order valence-electron chi connectivity index (χ3n) is 5.22. The van der Waals surface area contributed by atoms with E-state index in [0.717, 1.165) is 0 Å². The van der Waals surface area contributed by atoms with Gasteiger partial charge in [0.1, 0.15) is 19.4 Å². The number of aliphatic carboxylic acids is 2. The summed E-state index contributed by atoms with van der Waals surface area (Å²) in [7, 11) is -4.53. The van der Waals surface area contributed by atoms with E-state index in [4.69, 9.17) is 0 Å². The molecule has 0 atom stereocenters. The van der Waals surface area contributed by atoms with Crippen LogP contribution in [0.4, 0.5) is 11.4 Å². The standard InChI is InChI=1S/C23H28N3O9P/c27-15-18-5-1-3-7-20(18)25(13-22(29)30)11-9-24(17-36(33,34)35)10-12-26(14-23(31)32)21-8-4-2-6-19(21)16-28/h1-8,15-16H,9-14,17H2,(H,29,30)(H,31,32)(H2,33,34,35). The molecule has 12 nitrogen and oxygen atoms in total. The summed E-state index contributed by atoms with van der Waals surface area (Å²) >= 11 is 0. The van der Waals surface area contributed by atoms with Gasteiger partial charge in [0, 0.05) is 48.7 Å². The lowest BCUT2D eigenvalue weighted by Crippen LogP contribution is -2.43. The van der Waals surface area contributed by atoms with Gasteiger partial charge in [-0.2, -0.15) is 0 Å². The molecule has 36 heavy (non-hydrogen) atoms. The molecule has 0 saturated carbocycles. The van der Waals surface area contributed by atoms with Gasteiger partial charge in [-0.1, -0.05) is 24.3 Å². The number of aldehydes is 2. The van der Waals surface area contributed by atoms with E-state index < -0.39 is 38.9 Å². The van der Waals surface area contributed by atoms with Crippen molar-refractivity contribution >= 4 is 43.5 Å². The maximum atomic E-state index is 11.8. The van der Waals surface area contributed by atoms with Crippen LogP contribution in [0.1, 0.15) is 20.7 Å². The van der Waals surface area contributed by atoms with Crippen LogP contribution >= 0.6 is 7.60 Å². The Morgan fingerprint density at radius 2 is 1.11 bits per heavy atom. The van der Waals surface area contributed by atoms with Crippen molar-refractivity contribution in [2.75, 3.05) is 55.4 Å². The number of carbonyl (C=O) groups is 4. The highest BCUT2D eigenvalue weighted by Gasteiger charge is 2.23. The summed E-state index contributed by atoms with van der Waals surface area (Å²) in [6, 6.07) is 12.7. The zero-order valence-corrected chi connectivity index (χ0v) is 20.2. The monoisotopic (exact) mass is 521 g/mol. The summed E-state index contributed by atoms with van der Waals surface area (Å²) in [4.78, 5) is 69.1. The van der Waals surface area contributed by atoms with Crippen LogP contribution < -0.4 is 9.80 Å². The van der Waals surface area contributed by atoms with Crippen LogP contribution in [0.3, 0.4) is 0 Å². The molecule has 0 aliphatic carbocycles. The molecule has 0 saturated heterocycles. The molecule has 194 valence electrons. The van der Waals surface area contributed by atoms with Crippen LogP contribution in [0, 0.1) is 0 Å². The average Bonchev–Trinajstić information content (AvgIpc) is 2.82. The predicted molar refractivity (Wildman–Crippen MR) is 132 cm³/mol. The first kappa shape index (κ1) is 28.7. The van der Waals surface area contributed by atoms with Crippen LogP contribution in [0.25, 0.3) is 0 Å². The number of carboxylic acid groups (broad SMARTS) is 2. The van der Waals surface area contributed by atoms with Crippen molar-refractivity contribution in [2.45, 2.75) is 0 Å². The molecule has 0 aliphatic rings. The minimum atomic E-state index is -4.53. The summed E-state index contributed by atoms with van der Waals surface area (Å²) in [6.45, 7) is -0.870. The first-order chi connectivity index (χ1) is 17.0. The van der Waals surface area contributed by atoms with Gasteiger partial charge in [0.2, 0.25) is 0 Å². The topological polar surface area (TPSA) is 176 Å². The highest BCUT2D eigenvalue weighted by molar-refractivity contribution is 7.51. The van der Waals surface area contributed by atoms with Crippen molar-refractivity contribution in [2.24, 2.45) is 0 Å². The molecule has 4 N–H and O–H groups in total. The minimum Gasteiger partial charge on any atom is -0.480 e. The van der Waals surface area contributed by atoms with Gasteiger partial charge >= 0.3 is 19.5 Å². The molecular formula is C23H28N3O9P. The number of para-hydroxylation sites is 2. The van der Waals surface area contributed by atoms with Gasteiger partial charge < -0.3 is 29.8 Å². The summed E-state index contributed by atoms with van der Waals surface area (Å²) in [6.07, 6.45) is 0.525. The maximum Gasteiger partial charge on any atom is 0.339 e. The van der Waals surface area contributed by atoms with Crippen LogP contribution in [0.5, 0.6) is 0 Å². The van der Waals surface area contributed by atoms with E-state index in [9.17, 15) is 43.7 Å².